The summed E-state index contributed by atoms with van der Waals surface area (Å²) in [7, 11) is 1.63. The molecule has 12 nitrogen and oxygen atoms in total. The van der Waals surface area contributed by atoms with Crippen molar-refractivity contribution < 1.29 is 20.1 Å². The lowest BCUT2D eigenvalue weighted by Crippen LogP contribution is -2.44. The van der Waals surface area contributed by atoms with Gasteiger partial charge >= 0.3 is 0 Å². The smallest absolute Gasteiger partial charge is 0.207 e. The molecule has 4 heterocycles. The first-order valence-corrected chi connectivity index (χ1v) is 7.86. The third-order valence-electron chi connectivity index (χ3n) is 4.58. The van der Waals surface area contributed by atoms with E-state index >= 15 is 0 Å². The lowest BCUT2D eigenvalue weighted by molar-refractivity contribution is -0.0948. The maximum atomic E-state index is 10.8. The van der Waals surface area contributed by atoms with E-state index in [2.05, 4.69) is 25.4 Å². The van der Waals surface area contributed by atoms with Crippen LogP contribution in [0.3, 0.4) is 0 Å². The minimum absolute atomic E-state index is 0.202. The first-order chi connectivity index (χ1) is 12.3. The highest BCUT2D eigenvalue weighted by atomic mass is 16.6. The number of anilines is 1. The van der Waals surface area contributed by atoms with Crippen molar-refractivity contribution in [1.82, 2.24) is 34.7 Å². The fourth-order valence-corrected chi connectivity index (χ4v) is 3.24. The second-order valence-electron chi connectivity index (χ2n) is 6.39. The molecule has 1 aliphatic heterocycles. The van der Waals surface area contributed by atoms with Crippen LogP contribution in [-0.2, 0) is 11.8 Å². The monoisotopic (exact) mass is 362 g/mol. The molecule has 0 aromatic carbocycles. The molecule has 0 bridgehead atoms. The van der Waals surface area contributed by atoms with Gasteiger partial charge in [-0.3, -0.25) is 0 Å². The Morgan fingerprint density at radius 3 is 2.77 bits per heavy atom. The lowest BCUT2D eigenvalue weighted by atomic mass is 9.96. The quantitative estimate of drug-likeness (QED) is 0.417. The van der Waals surface area contributed by atoms with Gasteiger partial charge in [0.25, 0.3) is 0 Å². The first kappa shape index (κ1) is 16.8. The Morgan fingerprint density at radius 2 is 2.15 bits per heavy atom. The van der Waals surface area contributed by atoms with Gasteiger partial charge in [-0.25, -0.2) is 9.97 Å². The fourth-order valence-electron chi connectivity index (χ4n) is 3.24. The highest BCUT2D eigenvalue weighted by molar-refractivity contribution is 5.99. The summed E-state index contributed by atoms with van der Waals surface area (Å²) in [4.78, 5) is 9.53. The highest BCUT2D eigenvalue weighted by Gasteiger charge is 2.53. The van der Waals surface area contributed by atoms with Gasteiger partial charge in [-0.2, -0.15) is 4.80 Å². The van der Waals surface area contributed by atoms with E-state index in [0.717, 1.165) is 0 Å². The van der Waals surface area contributed by atoms with Crippen molar-refractivity contribution in [2.24, 2.45) is 7.05 Å². The molecule has 12 heteroatoms. The van der Waals surface area contributed by atoms with Crippen LogP contribution < -0.4 is 5.73 Å². The second-order valence-corrected chi connectivity index (χ2v) is 6.39. The number of aromatic nitrogens is 7. The van der Waals surface area contributed by atoms with E-state index in [1.54, 1.807) is 13.2 Å². The summed E-state index contributed by atoms with van der Waals surface area (Å²) in [6.07, 6.45) is -0.349. The number of nitrogen functional groups attached to an aromatic ring is 1. The number of hydrogen-bond donors (Lipinski definition) is 4. The van der Waals surface area contributed by atoms with Crippen molar-refractivity contribution in [3.05, 3.63) is 12.5 Å². The number of tetrazole rings is 1. The van der Waals surface area contributed by atoms with Crippen LogP contribution in [-0.4, -0.2) is 74.5 Å². The van der Waals surface area contributed by atoms with Crippen LogP contribution in [0, 0.1) is 0 Å². The highest BCUT2D eigenvalue weighted by Crippen LogP contribution is 2.42. The Labute approximate surface area is 146 Å². The standard InChI is InChI=1S/C14H18N8O4/c1-14(25)9(24)7(4-23)26-13(14)22-3-6(11-18-20-21(2)19-11)8-10(15)16-5-17-12(8)22/h3,5,7,9,13,23-25H,4H2,1-2H3,(H2,15,16,17)/t7?,9-,13?,14-/m1/s1. The van der Waals surface area contributed by atoms with Crippen LogP contribution in [0.25, 0.3) is 22.4 Å². The number of fused-ring (bicyclic) bond motifs is 1. The molecule has 0 amide bonds. The minimum atomic E-state index is -1.67. The van der Waals surface area contributed by atoms with Crippen LogP contribution in [0.15, 0.2) is 12.5 Å². The number of aliphatic hydroxyl groups excluding tert-OH is 2. The SMILES string of the molecule is Cn1nnc(-c2cn(C3OC(CO)[C@@H](O)[C@@]3(C)O)c3ncnc(N)c23)n1. The van der Waals surface area contributed by atoms with Crippen LogP contribution >= 0.6 is 0 Å². The number of nitrogens with zero attached hydrogens (tertiary/aromatic N) is 7. The lowest BCUT2D eigenvalue weighted by Gasteiger charge is -2.27. The number of rotatable bonds is 3. The van der Waals surface area contributed by atoms with E-state index in [4.69, 9.17) is 10.5 Å². The summed E-state index contributed by atoms with van der Waals surface area (Å²) >= 11 is 0. The first-order valence-electron chi connectivity index (χ1n) is 7.86. The van der Waals surface area contributed by atoms with Gasteiger partial charge < -0.3 is 30.4 Å². The summed E-state index contributed by atoms with van der Waals surface area (Å²) in [6.45, 7) is 0.983. The predicted octanol–water partition coefficient (Wildman–Crippen LogP) is -1.79. The third kappa shape index (κ3) is 2.27. The molecule has 1 aliphatic rings. The number of aliphatic hydroxyl groups is 3. The average molecular weight is 362 g/mol. The molecule has 138 valence electrons. The molecule has 3 aromatic heterocycles. The van der Waals surface area contributed by atoms with Crippen molar-refractivity contribution in [2.45, 2.75) is 31.0 Å². The summed E-state index contributed by atoms with van der Waals surface area (Å²) in [5, 5.41) is 42.9. The van der Waals surface area contributed by atoms with Gasteiger partial charge in [-0.15, -0.1) is 10.2 Å². The summed E-state index contributed by atoms with van der Waals surface area (Å²) in [5.74, 6) is 0.503. The Hall–Kier alpha value is -2.67. The van der Waals surface area contributed by atoms with Gasteiger partial charge in [0.15, 0.2) is 6.23 Å². The van der Waals surface area contributed by atoms with Crippen molar-refractivity contribution in [3.8, 4) is 11.4 Å². The van der Waals surface area contributed by atoms with Gasteiger partial charge in [-0.1, -0.05) is 0 Å². The second kappa shape index (κ2) is 5.67. The summed E-state index contributed by atoms with van der Waals surface area (Å²) in [5.41, 5.74) is 5.23. The van der Waals surface area contributed by atoms with Crippen molar-refractivity contribution in [3.63, 3.8) is 0 Å². The zero-order valence-electron chi connectivity index (χ0n) is 14.1. The zero-order valence-corrected chi connectivity index (χ0v) is 14.1. The van der Waals surface area contributed by atoms with Crippen molar-refractivity contribution in [1.29, 1.82) is 0 Å². The van der Waals surface area contributed by atoms with Crippen LogP contribution in [0.4, 0.5) is 5.82 Å². The summed E-state index contributed by atoms with van der Waals surface area (Å²) in [6, 6.07) is 0. The number of aryl methyl sites for hydroxylation is 1. The van der Waals surface area contributed by atoms with Crippen LogP contribution in [0.5, 0.6) is 0 Å². The average Bonchev–Trinajstić information content (AvgIpc) is 3.25. The van der Waals surface area contributed by atoms with Crippen molar-refractivity contribution >= 4 is 16.9 Å². The Balaban J connectivity index is 1.93. The van der Waals surface area contributed by atoms with E-state index in [0.29, 0.717) is 22.4 Å². The summed E-state index contributed by atoms with van der Waals surface area (Å²) < 4.78 is 7.20. The Kier molecular flexibility index (Phi) is 3.66. The van der Waals surface area contributed by atoms with E-state index in [1.165, 1.54) is 22.6 Å². The fraction of sp³-hybridized carbons (Fsp3) is 0.500. The third-order valence-corrected chi connectivity index (χ3v) is 4.58. The minimum Gasteiger partial charge on any atom is -0.394 e. The largest absolute Gasteiger partial charge is 0.394 e. The van der Waals surface area contributed by atoms with Gasteiger partial charge in [0.05, 0.1) is 24.6 Å². The van der Waals surface area contributed by atoms with E-state index in [-0.39, 0.29) is 5.82 Å². The molecule has 4 atom stereocenters. The molecule has 3 aromatic rings. The molecule has 2 unspecified atom stereocenters. The Bertz CT molecular complexity index is 967. The number of hydrogen-bond acceptors (Lipinski definition) is 10. The molecule has 0 aliphatic carbocycles. The molecule has 26 heavy (non-hydrogen) atoms. The van der Waals surface area contributed by atoms with Crippen LogP contribution in [0.1, 0.15) is 13.2 Å². The van der Waals surface area contributed by atoms with Crippen molar-refractivity contribution in [2.75, 3.05) is 12.3 Å². The molecular weight excluding hydrogens is 344 g/mol. The van der Waals surface area contributed by atoms with Gasteiger partial charge in [0.2, 0.25) is 5.82 Å². The van der Waals surface area contributed by atoms with E-state index < -0.39 is 30.6 Å². The molecule has 4 rings (SSSR count). The topological polar surface area (TPSA) is 170 Å². The molecule has 1 saturated heterocycles. The molecule has 1 fully saturated rings. The predicted molar refractivity (Wildman–Crippen MR) is 87.4 cm³/mol. The molecular formula is C14H18N8O4. The van der Waals surface area contributed by atoms with Gasteiger partial charge in [0, 0.05) is 6.20 Å². The molecule has 5 N–H and O–H groups in total. The maximum Gasteiger partial charge on any atom is 0.207 e. The number of ether oxygens (including phenoxy) is 1. The normalized spacial score (nSPS) is 28.9. The van der Waals surface area contributed by atoms with E-state index in [1.807, 2.05) is 0 Å². The molecule has 0 spiro atoms. The molecule has 0 radical (unpaired) electrons. The number of nitrogens with two attached hydrogens (primary N) is 1. The van der Waals surface area contributed by atoms with Crippen LogP contribution in [0.2, 0.25) is 0 Å². The van der Waals surface area contributed by atoms with E-state index in [9.17, 15) is 15.3 Å². The van der Waals surface area contributed by atoms with Gasteiger partial charge in [-0.05, 0) is 12.1 Å². The van der Waals surface area contributed by atoms with Gasteiger partial charge in [0.1, 0.15) is 35.6 Å². The maximum absolute atomic E-state index is 10.8. The molecule has 0 saturated carbocycles. The zero-order chi connectivity index (χ0) is 18.6. The Morgan fingerprint density at radius 1 is 1.38 bits per heavy atom.